The number of nitrogens with two attached hydrogens (primary N) is 1. The molecule has 0 fully saturated rings. The first-order valence-corrected chi connectivity index (χ1v) is 8.35. The van der Waals surface area contributed by atoms with Gasteiger partial charge in [0.1, 0.15) is 0 Å². The fourth-order valence-electron chi connectivity index (χ4n) is 2.29. The van der Waals surface area contributed by atoms with Crippen molar-refractivity contribution < 1.29 is 9.59 Å². The van der Waals surface area contributed by atoms with E-state index in [0.717, 1.165) is 36.9 Å². The van der Waals surface area contributed by atoms with Crippen molar-refractivity contribution in [2.75, 3.05) is 11.9 Å². The number of hydrogen-bond donors (Lipinski definition) is 3. The molecular formula is C18H29N3O2. The number of aryl methyl sites for hydroxylation is 1. The van der Waals surface area contributed by atoms with Gasteiger partial charge in [-0.05, 0) is 63.9 Å². The molecular weight excluding hydrogens is 290 g/mol. The minimum atomic E-state index is -0.0964. The van der Waals surface area contributed by atoms with Crippen LogP contribution in [0.25, 0.3) is 0 Å². The zero-order chi connectivity index (χ0) is 17.2. The largest absolute Gasteiger partial charge is 0.350 e. The van der Waals surface area contributed by atoms with Gasteiger partial charge in [0.2, 0.25) is 5.91 Å². The fourth-order valence-corrected chi connectivity index (χ4v) is 2.29. The van der Waals surface area contributed by atoms with E-state index in [1.165, 1.54) is 0 Å². The molecule has 1 aromatic rings. The quantitative estimate of drug-likeness (QED) is 0.612. The molecule has 2 amide bonds. The summed E-state index contributed by atoms with van der Waals surface area (Å²) in [7, 11) is 0. The molecule has 5 nitrogen and oxygen atoms in total. The Morgan fingerprint density at radius 2 is 1.83 bits per heavy atom. The smallest absolute Gasteiger partial charge is 0.251 e. The second kappa shape index (κ2) is 10.0. The molecule has 0 aliphatic heterocycles. The van der Waals surface area contributed by atoms with Crippen LogP contribution >= 0.6 is 0 Å². The maximum Gasteiger partial charge on any atom is 0.251 e. The molecule has 128 valence electrons. The van der Waals surface area contributed by atoms with Gasteiger partial charge in [0.25, 0.3) is 5.91 Å². The predicted octanol–water partition coefficient (Wildman–Crippen LogP) is 2.98. The Morgan fingerprint density at radius 3 is 2.43 bits per heavy atom. The van der Waals surface area contributed by atoms with Crippen molar-refractivity contribution in [2.24, 2.45) is 5.73 Å². The molecule has 0 heterocycles. The molecule has 0 spiro atoms. The van der Waals surface area contributed by atoms with Gasteiger partial charge in [-0.3, -0.25) is 9.59 Å². The lowest BCUT2D eigenvalue weighted by Gasteiger charge is -2.12. The van der Waals surface area contributed by atoms with Gasteiger partial charge >= 0.3 is 0 Å². The average molecular weight is 319 g/mol. The molecule has 5 heteroatoms. The number of carbonyl (C=O) groups excluding carboxylic acids is 2. The van der Waals surface area contributed by atoms with E-state index >= 15 is 0 Å². The molecule has 0 radical (unpaired) electrons. The van der Waals surface area contributed by atoms with Crippen LogP contribution in [0, 0.1) is 6.92 Å². The Morgan fingerprint density at radius 1 is 1.13 bits per heavy atom. The van der Waals surface area contributed by atoms with Gasteiger partial charge in [0.05, 0.1) is 0 Å². The first kappa shape index (κ1) is 19.2. The summed E-state index contributed by atoms with van der Waals surface area (Å²) in [5, 5.41) is 5.77. The monoisotopic (exact) mass is 319 g/mol. The van der Waals surface area contributed by atoms with Crippen LogP contribution < -0.4 is 16.4 Å². The normalized spacial score (nSPS) is 10.7. The molecule has 0 saturated heterocycles. The number of amides is 2. The third-order valence-electron chi connectivity index (χ3n) is 3.54. The molecule has 0 aliphatic rings. The van der Waals surface area contributed by atoms with Crippen LogP contribution in [0.2, 0.25) is 0 Å². The summed E-state index contributed by atoms with van der Waals surface area (Å²) in [4.78, 5) is 23.9. The second-order valence-corrected chi connectivity index (χ2v) is 6.16. The Labute approximate surface area is 139 Å². The summed E-state index contributed by atoms with van der Waals surface area (Å²) >= 11 is 0. The highest BCUT2D eigenvalue weighted by Crippen LogP contribution is 2.17. The van der Waals surface area contributed by atoms with Crippen molar-refractivity contribution >= 4 is 17.5 Å². The minimum Gasteiger partial charge on any atom is -0.350 e. The van der Waals surface area contributed by atoms with Crippen LogP contribution in [0.4, 0.5) is 5.69 Å². The molecule has 0 bridgehead atoms. The average Bonchev–Trinajstić information content (AvgIpc) is 2.48. The van der Waals surface area contributed by atoms with E-state index in [9.17, 15) is 9.59 Å². The van der Waals surface area contributed by atoms with Crippen molar-refractivity contribution in [3.8, 4) is 0 Å². The third-order valence-corrected chi connectivity index (χ3v) is 3.54. The van der Waals surface area contributed by atoms with E-state index in [-0.39, 0.29) is 17.9 Å². The zero-order valence-corrected chi connectivity index (χ0v) is 14.4. The van der Waals surface area contributed by atoms with Crippen LogP contribution in [-0.2, 0) is 4.79 Å². The topological polar surface area (TPSA) is 84.2 Å². The van der Waals surface area contributed by atoms with Crippen molar-refractivity contribution in [3.05, 3.63) is 29.3 Å². The van der Waals surface area contributed by atoms with Crippen LogP contribution in [0.15, 0.2) is 18.2 Å². The van der Waals surface area contributed by atoms with Crippen LogP contribution in [0.5, 0.6) is 0 Å². The molecule has 1 aromatic carbocycles. The maximum absolute atomic E-state index is 12.0. The van der Waals surface area contributed by atoms with Gasteiger partial charge < -0.3 is 16.4 Å². The van der Waals surface area contributed by atoms with E-state index in [1.54, 1.807) is 18.2 Å². The molecule has 0 atom stereocenters. The third kappa shape index (κ3) is 7.28. The van der Waals surface area contributed by atoms with Gasteiger partial charge in [-0.25, -0.2) is 0 Å². The number of carbonyl (C=O) groups is 2. The second-order valence-electron chi connectivity index (χ2n) is 6.16. The van der Waals surface area contributed by atoms with Crippen LogP contribution in [0.1, 0.15) is 61.9 Å². The Hall–Kier alpha value is -1.88. The van der Waals surface area contributed by atoms with Crippen molar-refractivity contribution in [1.82, 2.24) is 5.32 Å². The predicted molar refractivity (Wildman–Crippen MR) is 94.6 cm³/mol. The lowest BCUT2D eigenvalue weighted by atomic mass is 10.1. The van der Waals surface area contributed by atoms with E-state index in [0.29, 0.717) is 18.5 Å². The van der Waals surface area contributed by atoms with E-state index in [2.05, 4.69) is 10.6 Å². The van der Waals surface area contributed by atoms with Gasteiger partial charge in [0.15, 0.2) is 0 Å². The summed E-state index contributed by atoms with van der Waals surface area (Å²) in [5.41, 5.74) is 7.70. The van der Waals surface area contributed by atoms with Gasteiger partial charge in [-0.1, -0.05) is 12.8 Å². The molecule has 1 rings (SSSR count). The lowest BCUT2D eigenvalue weighted by Crippen LogP contribution is -2.30. The molecule has 0 unspecified atom stereocenters. The molecule has 4 N–H and O–H groups in total. The van der Waals surface area contributed by atoms with E-state index < -0.39 is 0 Å². The minimum absolute atomic E-state index is 0.0141. The Bertz CT molecular complexity index is 527. The highest BCUT2D eigenvalue weighted by atomic mass is 16.2. The van der Waals surface area contributed by atoms with Crippen molar-refractivity contribution in [1.29, 1.82) is 0 Å². The maximum atomic E-state index is 12.0. The number of benzene rings is 1. The first-order chi connectivity index (χ1) is 10.9. The number of unbranched alkanes of at least 4 members (excludes halogenated alkanes) is 3. The number of nitrogens with one attached hydrogen (secondary N) is 2. The fraction of sp³-hybridized carbons (Fsp3) is 0.556. The summed E-state index contributed by atoms with van der Waals surface area (Å²) in [6, 6.07) is 5.43. The number of anilines is 1. The van der Waals surface area contributed by atoms with E-state index in [4.69, 9.17) is 5.73 Å². The highest BCUT2D eigenvalue weighted by molar-refractivity contribution is 5.96. The highest BCUT2D eigenvalue weighted by Gasteiger charge is 2.10. The van der Waals surface area contributed by atoms with Crippen molar-refractivity contribution in [3.63, 3.8) is 0 Å². The number of hydrogen-bond acceptors (Lipinski definition) is 3. The molecule has 0 aromatic heterocycles. The van der Waals surface area contributed by atoms with Gasteiger partial charge in [0, 0.05) is 23.7 Å². The lowest BCUT2D eigenvalue weighted by molar-refractivity contribution is -0.116. The van der Waals surface area contributed by atoms with Crippen LogP contribution in [0.3, 0.4) is 0 Å². The standard InChI is InChI=1S/C18H29N3O2/c1-13(2)20-18(23)15-9-10-16(14(3)12-15)21-17(22)8-6-4-5-7-11-19/h9-10,12-13H,4-8,11,19H2,1-3H3,(H,20,23)(H,21,22). The molecule has 23 heavy (non-hydrogen) atoms. The summed E-state index contributed by atoms with van der Waals surface area (Å²) in [6.07, 6.45) is 4.50. The first-order valence-electron chi connectivity index (χ1n) is 8.35. The SMILES string of the molecule is Cc1cc(C(=O)NC(C)C)ccc1NC(=O)CCCCCCN. The Balaban J connectivity index is 2.51. The van der Waals surface area contributed by atoms with Gasteiger partial charge in [-0.15, -0.1) is 0 Å². The zero-order valence-electron chi connectivity index (χ0n) is 14.4. The summed E-state index contributed by atoms with van der Waals surface area (Å²) in [6.45, 7) is 6.45. The molecule has 0 saturated carbocycles. The van der Waals surface area contributed by atoms with Crippen LogP contribution in [-0.4, -0.2) is 24.4 Å². The Kier molecular flexibility index (Phi) is 8.33. The summed E-state index contributed by atoms with van der Waals surface area (Å²) < 4.78 is 0. The summed E-state index contributed by atoms with van der Waals surface area (Å²) in [5.74, 6) is -0.0823. The number of rotatable bonds is 9. The van der Waals surface area contributed by atoms with E-state index in [1.807, 2.05) is 20.8 Å². The molecule has 0 aliphatic carbocycles. The van der Waals surface area contributed by atoms with Gasteiger partial charge in [-0.2, -0.15) is 0 Å². The van der Waals surface area contributed by atoms with Crippen molar-refractivity contribution in [2.45, 2.75) is 58.9 Å².